The number of rotatable bonds is 8. The van der Waals surface area contributed by atoms with Gasteiger partial charge in [-0.1, -0.05) is 6.07 Å². The average Bonchev–Trinajstić information content (AvgIpc) is 3.59. The highest BCUT2D eigenvalue weighted by Crippen LogP contribution is 2.41. The monoisotopic (exact) mass is 563 g/mol. The van der Waals surface area contributed by atoms with Gasteiger partial charge in [-0.2, -0.15) is 0 Å². The minimum absolute atomic E-state index is 0.185. The van der Waals surface area contributed by atoms with Gasteiger partial charge in [0, 0.05) is 30.6 Å². The number of ether oxygens (including phenoxy) is 2. The number of hydrogen-bond donors (Lipinski definition) is 2. The maximum atomic E-state index is 13.1. The van der Waals surface area contributed by atoms with E-state index in [0.717, 1.165) is 23.8 Å². The zero-order valence-electron chi connectivity index (χ0n) is 22.1. The third-order valence-electron chi connectivity index (χ3n) is 6.59. The Morgan fingerprint density at radius 1 is 1.15 bits per heavy atom. The lowest BCUT2D eigenvalue weighted by atomic mass is 10.0. The maximum absolute atomic E-state index is 13.1. The molecule has 0 saturated carbocycles. The number of benzene rings is 2. The second kappa shape index (κ2) is 11.3. The molecular formula is C28H29N5O6S. The van der Waals surface area contributed by atoms with Gasteiger partial charge in [-0.3, -0.25) is 9.78 Å². The zero-order chi connectivity index (χ0) is 28.3. The van der Waals surface area contributed by atoms with Crippen LogP contribution in [-0.4, -0.2) is 66.2 Å². The molecule has 1 unspecified atom stereocenters. The molecule has 2 amide bonds. The minimum atomic E-state index is -3.36. The van der Waals surface area contributed by atoms with E-state index in [2.05, 4.69) is 15.3 Å². The van der Waals surface area contributed by atoms with Gasteiger partial charge in [0.1, 0.15) is 23.7 Å². The summed E-state index contributed by atoms with van der Waals surface area (Å²) in [7, 11) is -3.36. The zero-order valence-corrected chi connectivity index (χ0v) is 22.9. The number of imidazole rings is 1. The highest BCUT2D eigenvalue weighted by Gasteiger charge is 2.33. The first-order valence-electron chi connectivity index (χ1n) is 12.9. The molecule has 1 saturated heterocycles. The summed E-state index contributed by atoms with van der Waals surface area (Å²) in [5.41, 5.74) is 2.84. The van der Waals surface area contributed by atoms with Crippen LogP contribution in [0.5, 0.6) is 11.5 Å². The molecule has 12 heteroatoms. The predicted molar refractivity (Wildman–Crippen MR) is 148 cm³/mol. The Labute approximate surface area is 231 Å². The van der Waals surface area contributed by atoms with Crippen LogP contribution in [0.2, 0.25) is 0 Å². The van der Waals surface area contributed by atoms with E-state index >= 15 is 0 Å². The molecule has 1 atom stereocenters. The number of fused-ring (bicyclic) bond motifs is 1. The van der Waals surface area contributed by atoms with Crippen LogP contribution in [0.3, 0.4) is 0 Å². The van der Waals surface area contributed by atoms with Crippen LogP contribution in [0, 0.1) is 0 Å². The van der Waals surface area contributed by atoms with Crippen LogP contribution in [0.1, 0.15) is 31.4 Å². The Hall–Kier alpha value is -4.45. The largest absolute Gasteiger partial charge is 0.457 e. The predicted octanol–water partition coefficient (Wildman–Crippen LogP) is 4.23. The van der Waals surface area contributed by atoms with E-state index in [1.807, 2.05) is 24.3 Å². The Morgan fingerprint density at radius 2 is 1.95 bits per heavy atom. The summed E-state index contributed by atoms with van der Waals surface area (Å²) in [5, 5.41) is 2.50. The lowest BCUT2D eigenvalue weighted by Gasteiger charge is -2.27. The maximum Gasteiger partial charge on any atom is 0.407 e. The molecule has 2 aromatic heterocycles. The number of aromatic nitrogens is 3. The van der Waals surface area contributed by atoms with E-state index in [1.165, 1.54) is 12.1 Å². The lowest BCUT2D eigenvalue weighted by molar-refractivity contribution is -0.131. The fourth-order valence-electron chi connectivity index (χ4n) is 4.73. The molecule has 0 aliphatic carbocycles. The van der Waals surface area contributed by atoms with Crippen molar-refractivity contribution in [3.63, 3.8) is 0 Å². The summed E-state index contributed by atoms with van der Waals surface area (Å²) in [5.74, 6) is 1.28. The smallest absolute Gasteiger partial charge is 0.407 e. The molecule has 0 spiro atoms. The average molecular weight is 564 g/mol. The van der Waals surface area contributed by atoms with Crippen molar-refractivity contribution in [1.29, 1.82) is 0 Å². The highest BCUT2D eigenvalue weighted by atomic mass is 32.2. The first-order valence-corrected chi connectivity index (χ1v) is 14.7. The molecule has 40 heavy (non-hydrogen) atoms. The van der Waals surface area contributed by atoms with Crippen molar-refractivity contribution < 1.29 is 27.5 Å². The van der Waals surface area contributed by atoms with Crippen LogP contribution in [0.15, 0.2) is 65.7 Å². The molecule has 4 aromatic rings. The molecule has 1 aliphatic rings. The van der Waals surface area contributed by atoms with Crippen LogP contribution < -0.4 is 10.1 Å². The van der Waals surface area contributed by atoms with Crippen molar-refractivity contribution in [2.75, 3.05) is 26.0 Å². The topological polar surface area (TPSA) is 144 Å². The Kier molecular flexibility index (Phi) is 7.69. The van der Waals surface area contributed by atoms with Crippen LogP contribution in [0.25, 0.3) is 22.6 Å². The molecule has 2 aromatic carbocycles. The number of nitrogens with one attached hydrogen (secondary N) is 2. The van der Waals surface area contributed by atoms with Gasteiger partial charge in [-0.05, 0) is 62.2 Å². The van der Waals surface area contributed by atoms with Gasteiger partial charge in [0.15, 0.2) is 15.7 Å². The van der Waals surface area contributed by atoms with E-state index in [9.17, 15) is 18.0 Å². The summed E-state index contributed by atoms with van der Waals surface area (Å²) in [6, 6.07) is 15.1. The number of hydrogen-bond acceptors (Lipinski definition) is 8. The van der Waals surface area contributed by atoms with E-state index in [-0.39, 0.29) is 30.0 Å². The number of carbonyl (C=O) groups excluding carboxylic acids is 2. The van der Waals surface area contributed by atoms with Gasteiger partial charge in [0.25, 0.3) is 0 Å². The van der Waals surface area contributed by atoms with Crippen molar-refractivity contribution in [2.45, 2.75) is 30.7 Å². The van der Waals surface area contributed by atoms with Crippen molar-refractivity contribution >= 4 is 32.9 Å². The summed E-state index contributed by atoms with van der Waals surface area (Å²) in [6.07, 6.45) is 3.66. The fourth-order valence-corrected chi connectivity index (χ4v) is 5.36. The number of alkyl carbamates (subject to hydrolysis) is 1. The van der Waals surface area contributed by atoms with Crippen LogP contribution >= 0.6 is 0 Å². The molecule has 5 rings (SSSR count). The molecule has 11 nitrogen and oxygen atoms in total. The Morgan fingerprint density at radius 3 is 2.65 bits per heavy atom. The number of carbonyl (C=O) groups is 2. The summed E-state index contributed by atoms with van der Waals surface area (Å²) in [6.45, 7) is 2.24. The molecule has 1 aliphatic heterocycles. The minimum Gasteiger partial charge on any atom is -0.457 e. The molecule has 0 radical (unpaired) electrons. The number of sulfone groups is 1. The molecule has 0 bridgehead atoms. The molecule has 1 fully saturated rings. The molecular weight excluding hydrogens is 534 g/mol. The number of pyridine rings is 1. The number of likely N-dealkylation sites (tertiary alicyclic amines) is 1. The van der Waals surface area contributed by atoms with Gasteiger partial charge < -0.3 is 24.7 Å². The van der Waals surface area contributed by atoms with Gasteiger partial charge in [0.2, 0.25) is 5.91 Å². The van der Waals surface area contributed by atoms with E-state index in [1.54, 1.807) is 36.2 Å². The fraction of sp³-hybridized carbons (Fsp3) is 0.286. The van der Waals surface area contributed by atoms with Crippen LogP contribution in [-0.2, 0) is 19.4 Å². The number of nitrogens with zero attached hydrogens (tertiary/aromatic N) is 3. The first kappa shape index (κ1) is 27.1. The third kappa shape index (κ3) is 5.91. The van der Waals surface area contributed by atoms with Crippen LogP contribution in [0.4, 0.5) is 4.79 Å². The normalized spacial score (nSPS) is 15.2. The highest BCUT2D eigenvalue weighted by molar-refractivity contribution is 7.90. The van der Waals surface area contributed by atoms with Gasteiger partial charge in [0.05, 0.1) is 28.6 Å². The quantitative estimate of drug-likeness (QED) is 0.324. The van der Waals surface area contributed by atoms with E-state index in [0.29, 0.717) is 41.5 Å². The van der Waals surface area contributed by atoms with Crippen molar-refractivity contribution in [1.82, 2.24) is 25.2 Å². The standard InChI is InChI=1S/C28H29N5O6S/c1-3-38-28(35)30-17-26(34)33-14-6-8-24(33)20-15-22-23(32-27(31-22)21-7-4-5-13-29-21)16-25(20)39-18-9-11-19(12-10-18)40(2,36)37/h4-5,7,9-13,15-16,24H,3,6,8,14,17H2,1-2H3,(H,30,35)(H,31,32). The van der Waals surface area contributed by atoms with Crippen molar-refractivity contribution in [3.8, 4) is 23.0 Å². The molecule has 208 valence electrons. The second-order valence-corrected chi connectivity index (χ2v) is 11.4. The summed E-state index contributed by atoms with van der Waals surface area (Å²) < 4.78 is 35.0. The van der Waals surface area contributed by atoms with E-state index in [4.69, 9.17) is 14.5 Å². The van der Waals surface area contributed by atoms with Gasteiger partial charge in [-0.15, -0.1) is 0 Å². The summed E-state index contributed by atoms with van der Waals surface area (Å²) in [4.78, 5) is 39.2. The SMILES string of the molecule is CCOC(=O)NCC(=O)N1CCCC1c1cc2[nH]c(-c3ccccn3)nc2cc1Oc1ccc(S(C)(=O)=O)cc1. The van der Waals surface area contributed by atoms with Crippen molar-refractivity contribution in [2.24, 2.45) is 0 Å². The Balaban J connectivity index is 1.51. The number of H-pyrrole nitrogens is 1. The second-order valence-electron chi connectivity index (χ2n) is 9.37. The van der Waals surface area contributed by atoms with Crippen molar-refractivity contribution in [3.05, 3.63) is 66.4 Å². The van der Waals surface area contributed by atoms with Gasteiger partial charge >= 0.3 is 6.09 Å². The van der Waals surface area contributed by atoms with E-state index < -0.39 is 15.9 Å². The molecule has 3 heterocycles. The summed E-state index contributed by atoms with van der Waals surface area (Å²) >= 11 is 0. The number of amides is 2. The Bertz CT molecular complexity index is 1640. The lowest BCUT2D eigenvalue weighted by Crippen LogP contribution is -2.40. The first-order chi connectivity index (χ1) is 19.2. The third-order valence-corrected chi connectivity index (χ3v) is 7.72. The number of aromatic amines is 1. The van der Waals surface area contributed by atoms with Gasteiger partial charge in [-0.25, -0.2) is 18.2 Å². The molecule has 2 N–H and O–H groups in total.